The zero-order valence-electron chi connectivity index (χ0n) is 18.8. The SMILES string of the molecule is C=CC(O)N[C@H]1CC[C@@H](n2nc(-c3ccc(Oc4ccccc4)cc3)c3c(N)ncnc32)CC1. The van der Waals surface area contributed by atoms with Crippen molar-refractivity contribution in [1.82, 2.24) is 25.1 Å². The van der Waals surface area contributed by atoms with Crippen molar-refractivity contribution < 1.29 is 9.84 Å². The van der Waals surface area contributed by atoms with E-state index in [0.29, 0.717) is 5.82 Å². The molecule has 34 heavy (non-hydrogen) atoms. The lowest BCUT2D eigenvalue weighted by Crippen LogP contribution is -2.39. The number of aliphatic hydroxyl groups excluding tert-OH is 1. The molecule has 1 saturated carbocycles. The summed E-state index contributed by atoms with van der Waals surface area (Å²) in [7, 11) is 0. The number of benzene rings is 2. The molecule has 1 aliphatic carbocycles. The second-order valence-electron chi connectivity index (χ2n) is 8.54. The molecule has 2 aromatic heterocycles. The number of hydrogen-bond acceptors (Lipinski definition) is 7. The van der Waals surface area contributed by atoms with Gasteiger partial charge < -0.3 is 15.6 Å². The number of para-hydroxylation sites is 1. The maximum atomic E-state index is 9.81. The van der Waals surface area contributed by atoms with Gasteiger partial charge in [-0.15, -0.1) is 0 Å². The number of anilines is 1. The summed E-state index contributed by atoms with van der Waals surface area (Å²) in [5.74, 6) is 1.95. The number of rotatable bonds is 7. The van der Waals surface area contributed by atoms with Gasteiger partial charge >= 0.3 is 0 Å². The summed E-state index contributed by atoms with van der Waals surface area (Å²) in [6.45, 7) is 3.63. The molecule has 8 nitrogen and oxygen atoms in total. The lowest BCUT2D eigenvalue weighted by atomic mass is 9.91. The highest BCUT2D eigenvalue weighted by atomic mass is 16.5. The molecule has 5 rings (SSSR count). The molecule has 4 N–H and O–H groups in total. The molecule has 0 aliphatic heterocycles. The van der Waals surface area contributed by atoms with Crippen LogP contribution in [-0.2, 0) is 0 Å². The molecule has 1 fully saturated rings. The largest absolute Gasteiger partial charge is 0.457 e. The molecule has 0 amide bonds. The van der Waals surface area contributed by atoms with Gasteiger partial charge in [-0.25, -0.2) is 14.6 Å². The van der Waals surface area contributed by atoms with Crippen molar-refractivity contribution in [2.24, 2.45) is 0 Å². The van der Waals surface area contributed by atoms with E-state index in [2.05, 4.69) is 21.9 Å². The fraction of sp³-hybridized carbons (Fsp3) is 0.269. The van der Waals surface area contributed by atoms with E-state index >= 15 is 0 Å². The molecule has 1 aliphatic rings. The fourth-order valence-electron chi connectivity index (χ4n) is 4.55. The van der Waals surface area contributed by atoms with Crippen molar-refractivity contribution in [2.75, 3.05) is 5.73 Å². The Morgan fingerprint density at radius 3 is 2.44 bits per heavy atom. The van der Waals surface area contributed by atoms with E-state index in [9.17, 15) is 5.11 Å². The number of nitrogens with zero attached hydrogens (tertiary/aromatic N) is 4. The first-order valence-electron chi connectivity index (χ1n) is 11.5. The number of hydrogen-bond donors (Lipinski definition) is 3. The standard InChI is InChI=1S/C26H28N6O2/c1-2-22(33)30-18-10-12-19(13-11-18)32-26-23(25(27)28-16-29-26)24(31-32)17-8-14-21(15-9-17)34-20-6-4-3-5-7-20/h2-9,14-16,18-19,22,30,33H,1,10-13H2,(H2,27,28,29)/t18-,19+,22?. The van der Waals surface area contributed by atoms with Crippen molar-refractivity contribution in [1.29, 1.82) is 0 Å². The summed E-state index contributed by atoms with van der Waals surface area (Å²) in [6, 6.07) is 17.9. The Kier molecular flexibility index (Phi) is 6.24. The zero-order valence-corrected chi connectivity index (χ0v) is 18.8. The maximum Gasteiger partial charge on any atom is 0.164 e. The number of ether oxygens (including phenoxy) is 1. The number of fused-ring (bicyclic) bond motifs is 1. The summed E-state index contributed by atoms with van der Waals surface area (Å²) in [5.41, 5.74) is 8.72. The van der Waals surface area contributed by atoms with Crippen molar-refractivity contribution in [3.63, 3.8) is 0 Å². The van der Waals surface area contributed by atoms with E-state index in [1.165, 1.54) is 12.4 Å². The third-order valence-corrected chi connectivity index (χ3v) is 6.30. The van der Waals surface area contributed by atoms with Crippen LogP contribution >= 0.6 is 0 Å². The smallest absolute Gasteiger partial charge is 0.164 e. The highest BCUT2D eigenvalue weighted by molar-refractivity contribution is 5.98. The lowest BCUT2D eigenvalue weighted by molar-refractivity contribution is 0.147. The van der Waals surface area contributed by atoms with Crippen LogP contribution in [0.25, 0.3) is 22.3 Å². The van der Waals surface area contributed by atoms with Gasteiger partial charge in [-0.3, -0.25) is 5.32 Å². The average molecular weight is 457 g/mol. The molecule has 0 saturated heterocycles. The van der Waals surface area contributed by atoms with Gasteiger partial charge in [0.2, 0.25) is 0 Å². The number of nitrogens with one attached hydrogen (secondary N) is 1. The predicted octanol–water partition coefficient (Wildman–Crippen LogP) is 4.45. The van der Waals surface area contributed by atoms with Crippen LogP contribution in [-0.4, -0.2) is 37.1 Å². The topological polar surface area (TPSA) is 111 Å². The molecule has 1 atom stereocenters. The summed E-state index contributed by atoms with van der Waals surface area (Å²) in [6.07, 6.45) is 6.02. The molecule has 4 aromatic rings. The summed E-state index contributed by atoms with van der Waals surface area (Å²) in [4.78, 5) is 8.75. The van der Waals surface area contributed by atoms with Gasteiger partial charge in [-0.1, -0.05) is 24.8 Å². The number of nitrogens with two attached hydrogens (primary N) is 1. The van der Waals surface area contributed by atoms with E-state index < -0.39 is 6.23 Å². The molecule has 2 aromatic carbocycles. The van der Waals surface area contributed by atoms with Gasteiger partial charge in [-0.2, -0.15) is 5.10 Å². The second-order valence-corrected chi connectivity index (χ2v) is 8.54. The normalized spacial score (nSPS) is 19.1. The second kappa shape index (κ2) is 9.62. The molecule has 0 spiro atoms. The van der Waals surface area contributed by atoms with E-state index in [0.717, 1.165) is 59.5 Å². The summed E-state index contributed by atoms with van der Waals surface area (Å²) >= 11 is 0. The molecule has 0 bridgehead atoms. The molecular weight excluding hydrogens is 428 g/mol. The third kappa shape index (κ3) is 4.50. The number of aromatic nitrogens is 4. The van der Waals surface area contributed by atoms with Gasteiger partial charge in [-0.05, 0) is 68.2 Å². The van der Waals surface area contributed by atoms with Gasteiger partial charge in [0.05, 0.1) is 11.4 Å². The molecule has 1 unspecified atom stereocenters. The quantitative estimate of drug-likeness (QED) is 0.278. The van der Waals surface area contributed by atoms with Gasteiger partial charge in [0.25, 0.3) is 0 Å². The monoisotopic (exact) mass is 456 g/mol. The Hall–Kier alpha value is -3.75. The summed E-state index contributed by atoms with van der Waals surface area (Å²) < 4.78 is 7.92. The van der Waals surface area contributed by atoms with Crippen molar-refractivity contribution in [3.05, 3.63) is 73.6 Å². The van der Waals surface area contributed by atoms with Gasteiger partial charge in [0, 0.05) is 11.6 Å². The number of nitrogen functional groups attached to an aromatic ring is 1. The van der Waals surface area contributed by atoms with Crippen molar-refractivity contribution >= 4 is 16.9 Å². The van der Waals surface area contributed by atoms with Crippen LogP contribution in [0.15, 0.2) is 73.6 Å². The summed E-state index contributed by atoms with van der Waals surface area (Å²) in [5, 5.41) is 18.7. The first-order valence-corrected chi connectivity index (χ1v) is 11.5. The molecule has 0 radical (unpaired) electrons. The van der Waals surface area contributed by atoms with Crippen LogP contribution in [0, 0.1) is 0 Å². The zero-order chi connectivity index (χ0) is 23.5. The van der Waals surface area contributed by atoms with Crippen LogP contribution in [0.1, 0.15) is 31.7 Å². The minimum atomic E-state index is -0.680. The third-order valence-electron chi connectivity index (χ3n) is 6.30. The molecule has 174 valence electrons. The Labute approximate surface area is 198 Å². The Bertz CT molecular complexity index is 1260. The van der Waals surface area contributed by atoms with Crippen molar-refractivity contribution in [3.8, 4) is 22.8 Å². The van der Waals surface area contributed by atoms with Gasteiger partial charge in [0.15, 0.2) is 5.65 Å². The molecule has 8 heteroatoms. The highest BCUT2D eigenvalue weighted by Gasteiger charge is 2.27. The Morgan fingerprint density at radius 1 is 1.03 bits per heavy atom. The average Bonchev–Trinajstić information content (AvgIpc) is 3.26. The van der Waals surface area contributed by atoms with Gasteiger partial charge in [0.1, 0.15) is 35.6 Å². The number of aliphatic hydroxyl groups is 1. The molecular formula is C26H28N6O2. The van der Waals surface area contributed by atoms with Crippen LogP contribution in [0.3, 0.4) is 0 Å². The fourth-order valence-corrected chi connectivity index (χ4v) is 4.55. The van der Waals surface area contributed by atoms with Crippen LogP contribution in [0.5, 0.6) is 11.5 Å². The maximum absolute atomic E-state index is 9.81. The first kappa shape index (κ1) is 22.1. The molecule has 2 heterocycles. The van der Waals surface area contributed by atoms with E-state index in [1.807, 2.05) is 59.3 Å². The minimum absolute atomic E-state index is 0.199. The van der Waals surface area contributed by atoms with Crippen LogP contribution < -0.4 is 15.8 Å². The first-order chi connectivity index (χ1) is 16.6. The van der Waals surface area contributed by atoms with Crippen LogP contribution in [0.4, 0.5) is 5.82 Å². The predicted molar refractivity (Wildman–Crippen MR) is 132 cm³/mol. The lowest BCUT2D eigenvalue weighted by Gasteiger charge is -2.30. The van der Waals surface area contributed by atoms with E-state index in [-0.39, 0.29) is 12.1 Å². The highest BCUT2D eigenvalue weighted by Crippen LogP contribution is 2.36. The van der Waals surface area contributed by atoms with Crippen molar-refractivity contribution in [2.45, 2.75) is 44.0 Å². The van der Waals surface area contributed by atoms with E-state index in [1.54, 1.807) is 0 Å². The van der Waals surface area contributed by atoms with E-state index in [4.69, 9.17) is 15.6 Å². The Morgan fingerprint density at radius 2 is 1.74 bits per heavy atom. The van der Waals surface area contributed by atoms with Crippen LogP contribution in [0.2, 0.25) is 0 Å². The Balaban J connectivity index is 1.41. The minimum Gasteiger partial charge on any atom is -0.457 e.